The average Bonchev–Trinajstić information content (AvgIpc) is 2.63. The SMILES string of the molecule is OC[C@@H]1O[C@H](Oc2cccc(Oc3ccccc3)c2)[C@H](O)[C@H](O)[C@@H]1O. The first-order valence-electron chi connectivity index (χ1n) is 7.88. The molecule has 0 unspecified atom stereocenters. The van der Waals surface area contributed by atoms with Crippen LogP contribution in [0.4, 0.5) is 0 Å². The zero-order valence-electron chi connectivity index (χ0n) is 13.3. The fourth-order valence-electron chi connectivity index (χ4n) is 2.53. The zero-order valence-corrected chi connectivity index (χ0v) is 13.3. The van der Waals surface area contributed by atoms with E-state index < -0.39 is 37.3 Å². The summed E-state index contributed by atoms with van der Waals surface area (Å²) in [6.07, 6.45) is -6.63. The normalized spacial score (nSPS) is 29.2. The van der Waals surface area contributed by atoms with Gasteiger partial charge in [0, 0.05) is 6.07 Å². The number of benzene rings is 2. The monoisotopic (exact) mass is 348 g/mol. The lowest BCUT2D eigenvalue weighted by molar-refractivity contribution is -0.277. The first-order valence-corrected chi connectivity index (χ1v) is 7.88. The molecule has 0 spiro atoms. The van der Waals surface area contributed by atoms with Crippen molar-refractivity contribution in [1.82, 2.24) is 0 Å². The maximum Gasteiger partial charge on any atom is 0.229 e. The summed E-state index contributed by atoms with van der Waals surface area (Å²) in [4.78, 5) is 0. The Morgan fingerprint density at radius 3 is 2.20 bits per heavy atom. The van der Waals surface area contributed by atoms with Crippen molar-refractivity contribution in [2.45, 2.75) is 30.7 Å². The molecule has 2 aromatic carbocycles. The Labute approximate surface area is 144 Å². The first kappa shape index (κ1) is 17.7. The standard InChI is InChI=1S/C18H20O7/c19-10-14-15(20)16(21)17(22)18(25-14)24-13-8-4-7-12(9-13)23-11-5-2-1-3-6-11/h1-9,14-22H,10H2/t14-,15+,16+,17+,18-/m0/s1. The highest BCUT2D eigenvalue weighted by Gasteiger charge is 2.44. The molecule has 0 radical (unpaired) electrons. The maximum atomic E-state index is 10.0. The third-order valence-corrected chi connectivity index (χ3v) is 3.89. The molecule has 1 heterocycles. The minimum atomic E-state index is -1.49. The Morgan fingerprint density at radius 1 is 0.800 bits per heavy atom. The Morgan fingerprint density at radius 2 is 1.48 bits per heavy atom. The molecular weight excluding hydrogens is 328 g/mol. The highest BCUT2D eigenvalue weighted by Crippen LogP contribution is 2.28. The molecule has 1 saturated heterocycles. The second kappa shape index (κ2) is 7.81. The number of para-hydroxylation sites is 1. The van der Waals surface area contributed by atoms with Gasteiger partial charge in [-0.05, 0) is 24.3 Å². The molecule has 0 saturated carbocycles. The highest BCUT2D eigenvalue weighted by atomic mass is 16.7. The summed E-state index contributed by atoms with van der Waals surface area (Å²) in [6, 6.07) is 15.9. The van der Waals surface area contributed by atoms with Crippen molar-refractivity contribution in [1.29, 1.82) is 0 Å². The van der Waals surface area contributed by atoms with Crippen LogP contribution in [-0.2, 0) is 4.74 Å². The summed E-state index contributed by atoms with van der Waals surface area (Å²) in [5.41, 5.74) is 0. The lowest BCUT2D eigenvalue weighted by Gasteiger charge is -2.39. The van der Waals surface area contributed by atoms with Gasteiger partial charge in [-0.3, -0.25) is 0 Å². The van der Waals surface area contributed by atoms with Crippen molar-refractivity contribution in [3.05, 3.63) is 54.6 Å². The zero-order chi connectivity index (χ0) is 17.8. The Balaban J connectivity index is 1.71. The quantitative estimate of drug-likeness (QED) is 0.628. The van der Waals surface area contributed by atoms with E-state index in [2.05, 4.69) is 0 Å². The molecule has 2 aromatic rings. The van der Waals surface area contributed by atoms with Crippen molar-refractivity contribution in [2.24, 2.45) is 0 Å². The minimum Gasteiger partial charge on any atom is -0.462 e. The number of rotatable bonds is 5. The number of hydrogen-bond acceptors (Lipinski definition) is 7. The third kappa shape index (κ3) is 4.09. The lowest BCUT2D eigenvalue weighted by atomic mass is 9.99. The van der Waals surface area contributed by atoms with Crippen LogP contribution in [0.1, 0.15) is 0 Å². The molecule has 7 heteroatoms. The van der Waals surface area contributed by atoms with Crippen LogP contribution < -0.4 is 9.47 Å². The maximum absolute atomic E-state index is 10.0. The van der Waals surface area contributed by atoms with Crippen LogP contribution in [0, 0.1) is 0 Å². The van der Waals surface area contributed by atoms with Crippen molar-refractivity contribution in [3.8, 4) is 17.2 Å². The van der Waals surface area contributed by atoms with E-state index in [1.54, 1.807) is 24.3 Å². The Hall–Kier alpha value is -2.16. The van der Waals surface area contributed by atoms with E-state index >= 15 is 0 Å². The molecule has 1 fully saturated rings. The summed E-state index contributed by atoms with van der Waals surface area (Å²) in [5.74, 6) is 1.53. The molecule has 4 N–H and O–H groups in total. The van der Waals surface area contributed by atoms with E-state index in [9.17, 15) is 20.4 Å². The van der Waals surface area contributed by atoms with Gasteiger partial charge in [-0.25, -0.2) is 0 Å². The van der Waals surface area contributed by atoms with Gasteiger partial charge in [0.05, 0.1) is 6.61 Å². The van der Waals surface area contributed by atoms with E-state index in [0.717, 1.165) is 0 Å². The predicted molar refractivity (Wildman–Crippen MR) is 87.4 cm³/mol. The van der Waals surface area contributed by atoms with Crippen LogP contribution in [0.2, 0.25) is 0 Å². The predicted octanol–water partition coefficient (Wildman–Crippen LogP) is 0.658. The topological polar surface area (TPSA) is 109 Å². The van der Waals surface area contributed by atoms with Crippen LogP contribution in [-0.4, -0.2) is 57.7 Å². The molecular formula is C18H20O7. The summed E-state index contributed by atoms with van der Waals surface area (Å²) in [5, 5.41) is 38.8. The van der Waals surface area contributed by atoms with E-state index in [1.165, 1.54) is 0 Å². The molecule has 1 aliphatic rings. The van der Waals surface area contributed by atoms with E-state index in [0.29, 0.717) is 17.2 Å². The summed E-state index contributed by atoms with van der Waals surface area (Å²) in [6.45, 7) is -0.512. The van der Waals surface area contributed by atoms with Crippen LogP contribution in [0.5, 0.6) is 17.2 Å². The molecule has 1 aliphatic heterocycles. The van der Waals surface area contributed by atoms with E-state index in [4.69, 9.17) is 14.2 Å². The molecule has 5 atom stereocenters. The molecule has 0 amide bonds. The fourth-order valence-corrected chi connectivity index (χ4v) is 2.53. The molecule has 7 nitrogen and oxygen atoms in total. The number of aliphatic hydroxyl groups is 4. The number of hydrogen-bond donors (Lipinski definition) is 4. The summed E-state index contributed by atoms with van der Waals surface area (Å²) < 4.78 is 16.6. The highest BCUT2D eigenvalue weighted by molar-refractivity contribution is 5.36. The van der Waals surface area contributed by atoms with Gasteiger partial charge >= 0.3 is 0 Å². The van der Waals surface area contributed by atoms with Crippen molar-refractivity contribution >= 4 is 0 Å². The van der Waals surface area contributed by atoms with Crippen molar-refractivity contribution in [3.63, 3.8) is 0 Å². The van der Waals surface area contributed by atoms with Gasteiger partial charge in [0.25, 0.3) is 0 Å². The van der Waals surface area contributed by atoms with Crippen LogP contribution in [0.3, 0.4) is 0 Å². The van der Waals surface area contributed by atoms with Gasteiger partial charge in [-0.2, -0.15) is 0 Å². The van der Waals surface area contributed by atoms with Crippen LogP contribution >= 0.6 is 0 Å². The van der Waals surface area contributed by atoms with Crippen molar-refractivity contribution < 1.29 is 34.6 Å². The first-order chi connectivity index (χ1) is 12.1. The second-order valence-corrected chi connectivity index (χ2v) is 5.71. The van der Waals surface area contributed by atoms with Gasteiger partial charge in [0.2, 0.25) is 6.29 Å². The molecule has 0 aromatic heterocycles. The molecule has 0 aliphatic carbocycles. The summed E-state index contributed by atoms with van der Waals surface area (Å²) >= 11 is 0. The molecule has 134 valence electrons. The minimum absolute atomic E-state index is 0.345. The van der Waals surface area contributed by atoms with Crippen molar-refractivity contribution in [2.75, 3.05) is 6.61 Å². The van der Waals surface area contributed by atoms with Crippen LogP contribution in [0.15, 0.2) is 54.6 Å². The van der Waals surface area contributed by atoms with Gasteiger partial charge < -0.3 is 34.6 Å². The lowest BCUT2D eigenvalue weighted by Crippen LogP contribution is -2.60. The van der Waals surface area contributed by atoms with E-state index in [-0.39, 0.29) is 0 Å². The third-order valence-electron chi connectivity index (χ3n) is 3.89. The largest absolute Gasteiger partial charge is 0.462 e. The van der Waals surface area contributed by atoms with Gasteiger partial charge in [-0.15, -0.1) is 0 Å². The average molecular weight is 348 g/mol. The van der Waals surface area contributed by atoms with Gasteiger partial charge in [0.15, 0.2) is 0 Å². The molecule has 3 rings (SSSR count). The smallest absolute Gasteiger partial charge is 0.229 e. The van der Waals surface area contributed by atoms with Crippen LogP contribution in [0.25, 0.3) is 0 Å². The fraction of sp³-hybridized carbons (Fsp3) is 0.333. The van der Waals surface area contributed by atoms with E-state index in [1.807, 2.05) is 30.3 Å². The number of ether oxygens (including phenoxy) is 3. The van der Waals surface area contributed by atoms with Gasteiger partial charge in [0.1, 0.15) is 41.7 Å². The Kier molecular flexibility index (Phi) is 5.52. The Bertz CT molecular complexity index is 676. The molecule has 25 heavy (non-hydrogen) atoms. The van der Waals surface area contributed by atoms with Gasteiger partial charge in [-0.1, -0.05) is 24.3 Å². The second-order valence-electron chi connectivity index (χ2n) is 5.71. The summed E-state index contributed by atoms with van der Waals surface area (Å²) in [7, 11) is 0. The molecule has 0 bridgehead atoms. The number of aliphatic hydroxyl groups excluding tert-OH is 4.